The highest BCUT2D eigenvalue weighted by atomic mass is 19.1. The van der Waals surface area contributed by atoms with E-state index in [1.807, 2.05) is 11.8 Å². The molecule has 1 saturated heterocycles. The van der Waals surface area contributed by atoms with E-state index in [4.69, 9.17) is 0 Å². The first kappa shape index (κ1) is 12.0. The minimum atomic E-state index is -0.346. The SMILES string of the molecule is CCc1ncnc(N2CCCC(C=O)C2)c1F. The minimum Gasteiger partial charge on any atom is -0.353 e. The van der Waals surface area contributed by atoms with Crippen LogP contribution < -0.4 is 4.90 Å². The number of hydrogen-bond acceptors (Lipinski definition) is 4. The Morgan fingerprint density at radius 3 is 3.12 bits per heavy atom. The summed E-state index contributed by atoms with van der Waals surface area (Å²) in [6, 6.07) is 0. The van der Waals surface area contributed by atoms with Crippen LogP contribution in [-0.4, -0.2) is 29.3 Å². The molecule has 0 saturated carbocycles. The fourth-order valence-corrected chi connectivity index (χ4v) is 2.18. The van der Waals surface area contributed by atoms with Gasteiger partial charge in [0.05, 0.1) is 5.69 Å². The molecule has 0 radical (unpaired) electrons. The normalized spacial score (nSPS) is 20.4. The number of nitrogens with zero attached hydrogens (tertiary/aromatic N) is 3. The number of halogens is 1. The molecule has 0 aliphatic carbocycles. The van der Waals surface area contributed by atoms with E-state index in [1.54, 1.807) is 0 Å². The molecule has 92 valence electrons. The van der Waals surface area contributed by atoms with Gasteiger partial charge in [-0.15, -0.1) is 0 Å². The van der Waals surface area contributed by atoms with E-state index in [1.165, 1.54) is 6.33 Å². The molecule has 1 aliphatic heterocycles. The Bertz CT molecular complexity index is 411. The Hall–Kier alpha value is -1.52. The Morgan fingerprint density at radius 2 is 2.41 bits per heavy atom. The van der Waals surface area contributed by atoms with Gasteiger partial charge in [-0.1, -0.05) is 6.92 Å². The molecule has 2 heterocycles. The summed E-state index contributed by atoms with van der Waals surface area (Å²) in [5, 5.41) is 0. The zero-order valence-electron chi connectivity index (χ0n) is 9.90. The highest BCUT2D eigenvalue weighted by molar-refractivity contribution is 5.56. The molecule has 5 heteroatoms. The van der Waals surface area contributed by atoms with Gasteiger partial charge in [0, 0.05) is 19.0 Å². The third kappa shape index (κ3) is 2.43. The van der Waals surface area contributed by atoms with E-state index >= 15 is 0 Å². The summed E-state index contributed by atoms with van der Waals surface area (Å²) >= 11 is 0. The second-order valence-electron chi connectivity index (χ2n) is 4.30. The Morgan fingerprint density at radius 1 is 1.59 bits per heavy atom. The lowest BCUT2D eigenvalue weighted by molar-refractivity contribution is -0.111. The van der Waals surface area contributed by atoms with Gasteiger partial charge in [-0.3, -0.25) is 0 Å². The van der Waals surface area contributed by atoms with Gasteiger partial charge in [0.15, 0.2) is 11.6 Å². The predicted molar refractivity (Wildman–Crippen MR) is 62.4 cm³/mol. The molecule has 1 aromatic heterocycles. The van der Waals surface area contributed by atoms with E-state index in [-0.39, 0.29) is 11.7 Å². The van der Waals surface area contributed by atoms with Crippen molar-refractivity contribution in [3.63, 3.8) is 0 Å². The number of piperidine rings is 1. The van der Waals surface area contributed by atoms with Crippen molar-refractivity contribution in [2.24, 2.45) is 5.92 Å². The maximum atomic E-state index is 14.0. The zero-order valence-corrected chi connectivity index (χ0v) is 9.90. The third-order valence-electron chi connectivity index (χ3n) is 3.13. The molecular formula is C12H16FN3O. The van der Waals surface area contributed by atoms with Gasteiger partial charge in [-0.25, -0.2) is 14.4 Å². The topological polar surface area (TPSA) is 46.1 Å². The molecule has 2 rings (SSSR count). The first-order valence-corrected chi connectivity index (χ1v) is 5.95. The third-order valence-corrected chi connectivity index (χ3v) is 3.13. The number of aldehydes is 1. The number of aromatic nitrogens is 2. The fourth-order valence-electron chi connectivity index (χ4n) is 2.18. The standard InChI is InChI=1S/C12H16FN3O/c1-2-10-11(13)12(15-8-14-10)16-5-3-4-9(6-16)7-17/h7-9H,2-6H2,1H3. The Labute approximate surface area is 99.9 Å². The van der Waals surface area contributed by atoms with Crippen LogP contribution in [0.2, 0.25) is 0 Å². The Kier molecular flexibility index (Phi) is 3.66. The van der Waals surface area contributed by atoms with Gasteiger partial charge >= 0.3 is 0 Å². The summed E-state index contributed by atoms with van der Waals surface area (Å²) in [6.45, 7) is 3.17. The molecular weight excluding hydrogens is 221 g/mol. The molecule has 1 aliphatic rings. The zero-order chi connectivity index (χ0) is 12.3. The fraction of sp³-hybridized carbons (Fsp3) is 0.583. The van der Waals surface area contributed by atoms with Gasteiger partial charge in [0.2, 0.25) is 0 Å². The van der Waals surface area contributed by atoms with Crippen molar-refractivity contribution in [2.75, 3.05) is 18.0 Å². The van der Waals surface area contributed by atoms with Crippen LogP contribution in [0.25, 0.3) is 0 Å². The minimum absolute atomic E-state index is 0.0109. The lowest BCUT2D eigenvalue weighted by atomic mass is 10.00. The van der Waals surface area contributed by atoms with E-state index in [2.05, 4.69) is 9.97 Å². The smallest absolute Gasteiger partial charge is 0.187 e. The van der Waals surface area contributed by atoms with Crippen LogP contribution in [0, 0.1) is 11.7 Å². The molecule has 0 amide bonds. The molecule has 0 N–H and O–H groups in total. The first-order valence-electron chi connectivity index (χ1n) is 5.95. The average molecular weight is 237 g/mol. The lowest BCUT2D eigenvalue weighted by Gasteiger charge is -2.31. The summed E-state index contributed by atoms with van der Waals surface area (Å²) < 4.78 is 14.0. The second kappa shape index (κ2) is 5.21. The quantitative estimate of drug-likeness (QED) is 0.749. The molecule has 1 fully saturated rings. The van der Waals surface area contributed by atoms with E-state index in [9.17, 15) is 9.18 Å². The van der Waals surface area contributed by atoms with Crippen molar-refractivity contribution in [1.29, 1.82) is 0 Å². The van der Waals surface area contributed by atoms with Gasteiger partial charge in [-0.05, 0) is 19.3 Å². The van der Waals surface area contributed by atoms with Gasteiger partial charge in [0.1, 0.15) is 12.6 Å². The maximum absolute atomic E-state index is 14.0. The molecule has 0 spiro atoms. The second-order valence-corrected chi connectivity index (χ2v) is 4.30. The van der Waals surface area contributed by atoms with Gasteiger partial charge in [0.25, 0.3) is 0 Å². The largest absolute Gasteiger partial charge is 0.353 e. The number of anilines is 1. The summed E-state index contributed by atoms with van der Waals surface area (Å²) in [5.74, 6) is -0.0202. The van der Waals surface area contributed by atoms with Crippen molar-refractivity contribution in [3.05, 3.63) is 17.8 Å². The number of carbonyl (C=O) groups is 1. The van der Waals surface area contributed by atoms with E-state index in [0.717, 1.165) is 25.7 Å². The van der Waals surface area contributed by atoms with Gasteiger partial charge < -0.3 is 9.69 Å². The highest BCUT2D eigenvalue weighted by Gasteiger charge is 2.23. The monoisotopic (exact) mass is 237 g/mol. The summed E-state index contributed by atoms with van der Waals surface area (Å²) in [6.07, 6.45) is 4.67. The van der Waals surface area contributed by atoms with Crippen molar-refractivity contribution >= 4 is 12.1 Å². The van der Waals surface area contributed by atoms with Crippen LogP contribution in [0.1, 0.15) is 25.5 Å². The highest BCUT2D eigenvalue weighted by Crippen LogP contribution is 2.23. The van der Waals surface area contributed by atoms with Crippen LogP contribution in [0.5, 0.6) is 0 Å². The molecule has 17 heavy (non-hydrogen) atoms. The number of rotatable bonds is 3. The van der Waals surface area contributed by atoms with Crippen molar-refractivity contribution < 1.29 is 9.18 Å². The number of carbonyl (C=O) groups excluding carboxylic acids is 1. The van der Waals surface area contributed by atoms with Crippen LogP contribution >= 0.6 is 0 Å². The predicted octanol–water partition coefficient (Wildman–Crippen LogP) is 1.59. The molecule has 4 nitrogen and oxygen atoms in total. The molecule has 0 aromatic carbocycles. The Balaban J connectivity index is 2.24. The van der Waals surface area contributed by atoms with Crippen LogP contribution in [0.3, 0.4) is 0 Å². The molecule has 1 aromatic rings. The number of hydrogen-bond donors (Lipinski definition) is 0. The van der Waals surface area contributed by atoms with Crippen molar-refractivity contribution in [3.8, 4) is 0 Å². The van der Waals surface area contributed by atoms with Crippen LogP contribution in [0.4, 0.5) is 10.2 Å². The van der Waals surface area contributed by atoms with Crippen molar-refractivity contribution in [2.45, 2.75) is 26.2 Å². The van der Waals surface area contributed by atoms with Crippen LogP contribution in [-0.2, 0) is 11.2 Å². The van der Waals surface area contributed by atoms with E-state index in [0.29, 0.717) is 24.5 Å². The van der Waals surface area contributed by atoms with Crippen molar-refractivity contribution in [1.82, 2.24) is 9.97 Å². The number of aryl methyl sites for hydroxylation is 1. The van der Waals surface area contributed by atoms with E-state index < -0.39 is 0 Å². The summed E-state index contributed by atoms with van der Waals surface area (Å²) in [7, 11) is 0. The summed E-state index contributed by atoms with van der Waals surface area (Å²) in [4.78, 5) is 20.5. The first-order chi connectivity index (χ1) is 8.26. The van der Waals surface area contributed by atoms with Crippen LogP contribution in [0.15, 0.2) is 6.33 Å². The lowest BCUT2D eigenvalue weighted by Crippen LogP contribution is -2.37. The average Bonchev–Trinajstić information content (AvgIpc) is 2.39. The molecule has 1 atom stereocenters. The maximum Gasteiger partial charge on any atom is 0.187 e. The molecule has 1 unspecified atom stereocenters. The molecule has 0 bridgehead atoms. The van der Waals surface area contributed by atoms with Gasteiger partial charge in [-0.2, -0.15) is 0 Å². The summed E-state index contributed by atoms with van der Waals surface area (Å²) in [5.41, 5.74) is 0.434.